The summed E-state index contributed by atoms with van der Waals surface area (Å²) in [6.07, 6.45) is 6.01. The van der Waals surface area contributed by atoms with Gasteiger partial charge in [0.2, 0.25) is 5.88 Å². The highest BCUT2D eigenvalue weighted by Gasteiger charge is 2.27. The van der Waals surface area contributed by atoms with E-state index in [1.165, 1.54) is 6.33 Å². The second-order valence-corrected chi connectivity index (χ2v) is 7.85. The van der Waals surface area contributed by atoms with Crippen molar-refractivity contribution in [1.29, 1.82) is 0 Å². The Labute approximate surface area is 190 Å². The number of carbonyl (C=O) groups excluding carboxylic acids is 1. The molecule has 2 N–H and O–H groups in total. The zero-order chi connectivity index (χ0) is 22.8. The van der Waals surface area contributed by atoms with Crippen LogP contribution in [0.15, 0.2) is 55.1 Å². The number of aromatic nitrogens is 5. The fourth-order valence-corrected chi connectivity index (χ4v) is 3.87. The van der Waals surface area contributed by atoms with E-state index >= 15 is 0 Å². The number of pyridine rings is 1. The maximum atomic E-state index is 12.5. The molecule has 0 aliphatic carbocycles. The van der Waals surface area contributed by atoms with Gasteiger partial charge in [-0.3, -0.25) is 4.98 Å². The van der Waals surface area contributed by atoms with E-state index in [1.54, 1.807) is 41.6 Å². The number of rotatable bonds is 4. The Morgan fingerprint density at radius 2 is 1.88 bits per heavy atom. The van der Waals surface area contributed by atoms with E-state index in [0.29, 0.717) is 41.8 Å². The molecular formula is C23H23N7O3. The molecular weight excluding hydrogens is 422 g/mol. The molecule has 4 aromatic rings. The number of nitrogens with zero attached hydrogens (tertiary/aromatic N) is 6. The minimum Gasteiger partial charge on any atom is -0.436 e. The molecule has 33 heavy (non-hydrogen) atoms. The third kappa shape index (κ3) is 4.27. The third-order valence-corrected chi connectivity index (χ3v) is 5.67. The molecule has 1 fully saturated rings. The molecule has 1 saturated heterocycles. The van der Waals surface area contributed by atoms with E-state index in [2.05, 4.69) is 20.1 Å². The number of carbonyl (C=O) groups is 1. The van der Waals surface area contributed by atoms with E-state index in [0.717, 1.165) is 23.9 Å². The van der Waals surface area contributed by atoms with Gasteiger partial charge in [-0.25, -0.2) is 19.4 Å². The summed E-state index contributed by atoms with van der Waals surface area (Å²) in [6, 6.07) is 10.5. The molecule has 4 heterocycles. The number of anilines is 1. The molecule has 0 spiro atoms. The fraction of sp³-hybridized carbons (Fsp3) is 0.261. The molecule has 5 rings (SSSR count). The van der Waals surface area contributed by atoms with Crippen LogP contribution in [0.25, 0.3) is 11.0 Å². The standard InChI is InChI=1S/C23H23N7O3/c1-15-20(3-2-10-25-15)33-22-19-13-28-30(21(19)26-14-27-22)17-8-11-29(12-9-17)23(31)32-18-6-4-16(24)5-7-18/h2-7,10,13-14,17H,8-9,11-12,24H2,1H3. The fourth-order valence-electron chi connectivity index (χ4n) is 3.87. The Morgan fingerprint density at radius 1 is 1.09 bits per heavy atom. The van der Waals surface area contributed by atoms with Gasteiger partial charge in [-0.05, 0) is 56.2 Å². The predicted molar refractivity (Wildman–Crippen MR) is 121 cm³/mol. The van der Waals surface area contributed by atoms with Crippen LogP contribution < -0.4 is 15.2 Å². The third-order valence-electron chi connectivity index (χ3n) is 5.67. The number of amides is 1. The average Bonchev–Trinajstić information content (AvgIpc) is 3.27. The molecule has 3 aromatic heterocycles. The molecule has 0 saturated carbocycles. The first kappa shape index (κ1) is 20.7. The number of hydrogen-bond donors (Lipinski definition) is 1. The number of aryl methyl sites for hydroxylation is 1. The normalized spacial score (nSPS) is 14.4. The summed E-state index contributed by atoms with van der Waals surface area (Å²) in [7, 11) is 0. The van der Waals surface area contributed by atoms with Gasteiger partial charge >= 0.3 is 6.09 Å². The summed E-state index contributed by atoms with van der Waals surface area (Å²) < 4.78 is 13.3. The lowest BCUT2D eigenvalue weighted by Crippen LogP contribution is -2.40. The van der Waals surface area contributed by atoms with Crippen LogP contribution in [0.5, 0.6) is 17.4 Å². The number of likely N-dealkylation sites (tertiary alicyclic amines) is 1. The van der Waals surface area contributed by atoms with E-state index in [4.69, 9.17) is 15.2 Å². The molecule has 0 radical (unpaired) electrons. The summed E-state index contributed by atoms with van der Waals surface area (Å²) in [5.41, 5.74) is 7.77. The van der Waals surface area contributed by atoms with Crippen molar-refractivity contribution >= 4 is 22.8 Å². The predicted octanol–water partition coefficient (Wildman–Crippen LogP) is 3.74. The van der Waals surface area contributed by atoms with Crippen LogP contribution in [0.1, 0.15) is 24.6 Å². The number of hydrogen-bond acceptors (Lipinski definition) is 8. The smallest absolute Gasteiger partial charge is 0.415 e. The van der Waals surface area contributed by atoms with E-state index in [1.807, 2.05) is 23.7 Å². The molecule has 0 unspecified atom stereocenters. The monoisotopic (exact) mass is 445 g/mol. The summed E-state index contributed by atoms with van der Waals surface area (Å²) in [6.45, 7) is 3.00. The van der Waals surface area contributed by atoms with Gasteiger partial charge < -0.3 is 20.1 Å². The van der Waals surface area contributed by atoms with Crippen LogP contribution in [0, 0.1) is 6.92 Å². The molecule has 0 atom stereocenters. The summed E-state index contributed by atoms with van der Waals surface area (Å²) in [4.78, 5) is 27.2. The SMILES string of the molecule is Cc1ncccc1Oc1ncnc2c1cnn2C1CCN(C(=O)Oc2ccc(N)cc2)CC1. The highest BCUT2D eigenvalue weighted by atomic mass is 16.6. The Morgan fingerprint density at radius 3 is 2.64 bits per heavy atom. The zero-order valence-corrected chi connectivity index (χ0v) is 18.1. The van der Waals surface area contributed by atoms with Crippen LogP contribution in [-0.2, 0) is 0 Å². The second kappa shape index (κ2) is 8.73. The number of nitrogens with two attached hydrogens (primary N) is 1. The van der Waals surface area contributed by atoms with Crippen LogP contribution >= 0.6 is 0 Å². The van der Waals surface area contributed by atoms with E-state index in [-0.39, 0.29) is 12.1 Å². The van der Waals surface area contributed by atoms with Gasteiger partial charge in [0, 0.05) is 25.0 Å². The average molecular weight is 445 g/mol. The molecule has 1 aliphatic heterocycles. The van der Waals surface area contributed by atoms with E-state index < -0.39 is 0 Å². The van der Waals surface area contributed by atoms with Gasteiger partial charge in [-0.15, -0.1) is 0 Å². The Kier molecular flexibility index (Phi) is 5.47. The Balaban J connectivity index is 1.27. The zero-order valence-electron chi connectivity index (χ0n) is 18.1. The molecule has 1 aromatic carbocycles. The molecule has 10 nitrogen and oxygen atoms in total. The number of ether oxygens (including phenoxy) is 2. The Bertz CT molecular complexity index is 1280. The largest absolute Gasteiger partial charge is 0.436 e. The van der Waals surface area contributed by atoms with E-state index in [9.17, 15) is 4.79 Å². The van der Waals surface area contributed by atoms with Crippen LogP contribution in [-0.4, -0.2) is 48.8 Å². The number of nitrogen functional groups attached to an aromatic ring is 1. The molecule has 168 valence electrons. The quantitative estimate of drug-likeness (QED) is 0.472. The van der Waals surface area contributed by atoms with Crippen molar-refractivity contribution in [1.82, 2.24) is 29.6 Å². The van der Waals surface area contributed by atoms with Gasteiger partial charge in [0.05, 0.1) is 17.9 Å². The highest BCUT2D eigenvalue weighted by molar-refractivity contribution is 5.80. The van der Waals surface area contributed by atoms with Gasteiger partial charge in [0.15, 0.2) is 11.4 Å². The van der Waals surface area contributed by atoms with Crippen molar-refractivity contribution in [2.45, 2.75) is 25.8 Å². The molecule has 0 bridgehead atoms. The molecule has 1 aliphatic rings. The van der Waals surface area contributed by atoms with Crippen molar-refractivity contribution in [3.63, 3.8) is 0 Å². The topological polar surface area (TPSA) is 121 Å². The summed E-state index contributed by atoms with van der Waals surface area (Å²) in [5.74, 6) is 1.55. The van der Waals surface area contributed by atoms with Crippen molar-refractivity contribution < 1.29 is 14.3 Å². The second-order valence-electron chi connectivity index (χ2n) is 7.85. The van der Waals surface area contributed by atoms with Crippen LogP contribution in [0.3, 0.4) is 0 Å². The maximum Gasteiger partial charge on any atom is 0.415 e. The summed E-state index contributed by atoms with van der Waals surface area (Å²) >= 11 is 0. The van der Waals surface area contributed by atoms with Gasteiger partial charge in [-0.2, -0.15) is 5.10 Å². The molecule has 10 heteroatoms. The number of fused-ring (bicyclic) bond motifs is 1. The Hall–Kier alpha value is -4.21. The summed E-state index contributed by atoms with van der Waals surface area (Å²) in [5, 5.41) is 5.29. The lowest BCUT2D eigenvalue weighted by atomic mass is 10.1. The van der Waals surface area contributed by atoms with Crippen molar-refractivity contribution in [3.05, 3.63) is 60.8 Å². The first-order valence-electron chi connectivity index (χ1n) is 10.7. The minimum absolute atomic E-state index is 0.103. The van der Waals surface area contributed by atoms with Gasteiger partial charge in [0.25, 0.3) is 0 Å². The lowest BCUT2D eigenvalue weighted by molar-refractivity contribution is 0.130. The highest BCUT2D eigenvalue weighted by Crippen LogP contribution is 2.31. The maximum absolute atomic E-state index is 12.5. The molecule has 1 amide bonds. The van der Waals surface area contributed by atoms with Crippen molar-refractivity contribution in [3.8, 4) is 17.4 Å². The van der Waals surface area contributed by atoms with Crippen molar-refractivity contribution in [2.24, 2.45) is 0 Å². The number of piperidine rings is 1. The minimum atomic E-state index is -0.367. The lowest BCUT2D eigenvalue weighted by Gasteiger charge is -2.31. The van der Waals surface area contributed by atoms with Crippen molar-refractivity contribution in [2.75, 3.05) is 18.8 Å². The first-order chi connectivity index (χ1) is 16.1. The van der Waals surface area contributed by atoms with Crippen LogP contribution in [0.2, 0.25) is 0 Å². The van der Waals surface area contributed by atoms with Crippen LogP contribution in [0.4, 0.5) is 10.5 Å². The first-order valence-corrected chi connectivity index (χ1v) is 10.7. The van der Waals surface area contributed by atoms with Gasteiger partial charge in [-0.1, -0.05) is 0 Å². The van der Waals surface area contributed by atoms with Gasteiger partial charge in [0.1, 0.15) is 17.5 Å². The number of benzene rings is 1.